The minimum Gasteiger partial charge on any atom is -0.308 e. The van der Waals surface area contributed by atoms with Crippen LogP contribution >= 0.6 is 15.9 Å². The minimum atomic E-state index is 1.11. The van der Waals surface area contributed by atoms with Gasteiger partial charge in [0.05, 0.1) is 16.7 Å². The molecule has 0 unspecified atom stereocenters. The van der Waals surface area contributed by atoms with Gasteiger partial charge in [-0.05, 0) is 51.0 Å². The zero-order valence-electron chi connectivity index (χ0n) is 11.8. The van der Waals surface area contributed by atoms with Crippen molar-refractivity contribution in [3.05, 3.63) is 77.3 Å². The Hall–Kier alpha value is -2.32. The molecule has 2 heteroatoms. The van der Waals surface area contributed by atoms with E-state index in [0.717, 1.165) is 4.47 Å². The molecule has 0 N–H and O–H groups in total. The SMILES string of the molecule is Brc1ccccc1-n1c2cccc3ccc4cccc1c4c32. The average molecular weight is 346 g/mol. The molecule has 0 saturated carbocycles. The number of nitrogens with zero attached hydrogens (tertiary/aromatic N) is 1. The molecule has 0 fully saturated rings. The van der Waals surface area contributed by atoms with Gasteiger partial charge in [0.15, 0.2) is 0 Å². The van der Waals surface area contributed by atoms with Gasteiger partial charge in [-0.15, -0.1) is 0 Å². The summed E-state index contributed by atoms with van der Waals surface area (Å²) >= 11 is 3.71. The molecule has 0 aliphatic heterocycles. The van der Waals surface area contributed by atoms with E-state index in [9.17, 15) is 0 Å². The quantitative estimate of drug-likeness (QED) is 0.321. The molecule has 0 saturated heterocycles. The van der Waals surface area contributed by atoms with Gasteiger partial charge in [-0.1, -0.05) is 48.5 Å². The first-order chi connectivity index (χ1) is 10.8. The van der Waals surface area contributed by atoms with Crippen molar-refractivity contribution in [2.45, 2.75) is 0 Å². The van der Waals surface area contributed by atoms with E-state index in [1.54, 1.807) is 0 Å². The third-order valence-corrected chi connectivity index (χ3v) is 5.09. The molecule has 0 radical (unpaired) electrons. The van der Waals surface area contributed by atoms with Gasteiger partial charge < -0.3 is 4.57 Å². The van der Waals surface area contributed by atoms with Crippen LogP contribution in [0.4, 0.5) is 0 Å². The second-order valence-electron chi connectivity index (χ2n) is 5.60. The molecule has 5 rings (SSSR count). The molecule has 0 aliphatic carbocycles. The van der Waals surface area contributed by atoms with Crippen molar-refractivity contribution in [3.63, 3.8) is 0 Å². The predicted octanol–water partition coefficient (Wildman–Crippen LogP) is 6.14. The zero-order valence-corrected chi connectivity index (χ0v) is 13.3. The van der Waals surface area contributed by atoms with Gasteiger partial charge in [0.2, 0.25) is 0 Å². The van der Waals surface area contributed by atoms with Crippen molar-refractivity contribution in [1.82, 2.24) is 4.57 Å². The fraction of sp³-hybridized carbons (Fsp3) is 0. The monoisotopic (exact) mass is 345 g/mol. The molecule has 5 aromatic rings. The molecule has 22 heavy (non-hydrogen) atoms. The van der Waals surface area contributed by atoms with Crippen LogP contribution in [0.3, 0.4) is 0 Å². The smallest absolute Gasteiger partial charge is 0.0604 e. The number of para-hydroxylation sites is 1. The molecule has 104 valence electrons. The van der Waals surface area contributed by atoms with Gasteiger partial charge in [-0.3, -0.25) is 0 Å². The fourth-order valence-electron chi connectivity index (χ4n) is 3.51. The van der Waals surface area contributed by atoms with E-state index < -0.39 is 0 Å². The summed E-state index contributed by atoms with van der Waals surface area (Å²) in [6.07, 6.45) is 0. The van der Waals surface area contributed by atoms with E-state index in [1.807, 2.05) is 0 Å². The number of aromatic nitrogens is 1. The lowest BCUT2D eigenvalue weighted by atomic mass is 10.0. The van der Waals surface area contributed by atoms with Crippen molar-refractivity contribution in [3.8, 4) is 5.69 Å². The lowest BCUT2D eigenvalue weighted by Crippen LogP contribution is -1.94. The molecular weight excluding hydrogens is 334 g/mol. The highest BCUT2D eigenvalue weighted by Crippen LogP contribution is 2.39. The van der Waals surface area contributed by atoms with Crippen LogP contribution in [0, 0.1) is 0 Å². The summed E-state index contributed by atoms with van der Waals surface area (Å²) in [6, 6.07) is 25.9. The number of benzene rings is 4. The van der Waals surface area contributed by atoms with Gasteiger partial charge in [-0.25, -0.2) is 0 Å². The number of rotatable bonds is 1. The molecule has 1 nitrogen and oxygen atoms in total. The topological polar surface area (TPSA) is 4.93 Å². The fourth-order valence-corrected chi connectivity index (χ4v) is 3.97. The maximum absolute atomic E-state index is 3.71. The second-order valence-corrected chi connectivity index (χ2v) is 6.46. The largest absolute Gasteiger partial charge is 0.308 e. The van der Waals surface area contributed by atoms with E-state index >= 15 is 0 Å². The molecule has 1 aromatic heterocycles. The summed E-state index contributed by atoms with van der Waals surface area (Å²) in [5.74, 6) is 0. The normalized spacial score (nSPS) is 11.9. The summed E-state index contributed by atoms with van der Waals surface area (Å²) in [6.45, 7) is 0. The Kier molecular flexibility index (Phi) is 2.42. The number of hydrogen-bond acceptors (Lipinski definition) is 0. The maximum Gasteiger partial charge on any atom is 0.0604 e. The van der Waals surface area contributed by atoms with E-state index in [0.29, 0.717) is 0 Å². The molecule has 0 atom stereocenters. The Morgan fingerprint density at radius 3 is 1.77 bits per heavy atom. The zero-order chi connectivity index (χ0) is 14.7. The van der Waals surface area contributed by atoms with Crippen LogP contribution in [0.15, 0.2) is 77.3 Å². The number of halogens is 1. The minimum absolute atomic E-state index is 1.11. The lowest BCUT2D eigenvalue weighted by molar-refractivity contribution is 1.17. The van der Waals surface area contributed by atoms with Crippen molar-refractivity contribution >= 4 is 48.5 Å². The molecule has 0 bridgehead atoms. The summed E-state index contributed by atoms with van der Waals surface area (Å²) < 4.78 is 3.46. The van der Waals surface area contributed by atoms with Gasteiger partial charge in [0, 0.05) is 15.2 Å². The predicted molar refractivity (Wildman–Crippen MR) is 97.2 cm³/mol. The van der Waals surface area contributed by atoms with Crippen LogP contribution in [0.25, 0.3) is 38.3 Å². The molecule has 4 aromatic carbocycles. The molecule has 0 amide bonds. The first kappa shape index (κ1) is 12.2. The summed E-state index contributed by atoms with van der Waals surface area (Å²) in [4.78, 5) is 0. The summed E-state index contributed by atoms with van der Waals surface area (Å²) in [5, 5.41) is 5.30. The Morgan fingerprint density at radius 2 is 1.18 bits per heavy atom. The van der Waals surface area contributed by atoms with Gasteiger partial charge in [0.25, 0.3) is 0 Å². The molecule has 0 aliphatic rings. The van der Waals surface area contributed by atoms with Crippen LogP contribution in [-0.2, 0) is 0 Å². The van der Waals surface area contributed by atoms with Crippen molar-refractivity contribution in [1.29, 1.82) is 0 Å². The molecule has 0 spiro atoms. The van der Waals surface area contributed by atoms with Crippen LogP contribution in [-0.4, -0.2) is 4.57 Å². The molecular formula is C20H12BrN. The van der Waals surface area contributed by atoms with Crippen molar-refractivity contribution in [2.24, 2.45) is 0 Å². The van der Waals surface area contributed by atoms with Crippen LogP contribution in [0.5, 0.6) is 0 Å². The van der Waals surface area contributed by atoms with Gasteiger partial charge in [0.1, 0.15) is 0 Å². The second kappa shape index (κ2) is 4.34. The van der Waals surface area contributed by atoms with E-state index in [1.165, 1.54) is 38.3 Å². The Balaban J connectivity index is 2.11. The van der Waals surface area contributed by atoms with Crippen molar-refractivity contribution < 1.29 is 0 Å². The Morgan fingerprint density at radius 1 is 0.591 bits per heavy atom. The van der Waals surface area contributed by atoms with Crippen molar-refractivity contribution in [2.75, 3.05) is 0 Å². The Bertz CT molecular complexity index is 1070. The third kappa shape index (κ3) is 1.48. The lowest BCUT2D eigenvalue weighted by Gasteiger charge is -2.09. The highest BCUT2D eigenvalue weighted by atomic mass is 79.9. The maximum atomic E-state index is 3.71. The third-order valence-electron chi connectivity index (χ3n) is 4.42. The van der Waals surface area contributed by atoms with E-state index in [2.05, 4.69) is 93.3 Å². The van der Waals surface area contributed by atoms with E-state index in [-0.39, 0.29) is 0 Å². The highest BCUT2D eigenvalue weighted by molar-refractivity contribution is 9.10. The summed E-state index contributed by atoms with van der Waals surface area (Å²) in [7, 11) is 0. The standard InChI is InChI=1S/C20H12BrN/c21-15-7-1-2-8-16(15)22-17-9-3-5-13-11-12-14-6-4-10-18(22)20(14)19(13)17/h1-12H. The van der Waals surface area contributed by atoms with Crippen LogP contribution < -0.4 is 0 Å². The van der Waals surface area contributed by atoms with Crippen LogP contribution in [0.1, 0.15) is 0 Å². The van der Waals surface area contributed by atoms with Gasteiger partial charge in [-0.2, -0.15) is 0 Å². The van der Waals surface area contributed by atoms with Gasteiger partial charge >= 0.3 is 0 Å². The van der Waals surface area contributed by atoms with Crippen LogP contribution in [0.2, 0.25) is 0 Å². The first-order valence-corrected chi connectivity index (χ1v) is 8.13. The Labute approximate surface area is 136 Å². The first-order valence-electron chi connectivity index (χ1n) is 7.34. The molecule has 1 heterocycles. The summed E-state index contributed by atoms with van der Waals surface area (Å²) in [5.41, 5.74) is 3.70. The number of hydrogen-bond donors (Lipinski definition) is 0. The highest BCUT2D eigenvalue weighted by Gasteiger charge is 2.16. The van der Waals surface area contributed by atoms with E-state index in [4.69, 9.17) is 0 Å². The average Bonchev–Trinajstić information content (AvgIpc) is 2.90.